The first kappa shape index (κ1) is 18.2. The van der Waals surface area contributed by atoms with Crippen molar-refractivity contribution in [2.24, 2.45) is 5.92 Å². The van der Waals surface area contributed by atoms with Crippen molar-refractivity contribution in [1.29, 1.82) is 0 Å². The van der Waals surface area contributed by atoms with Gasteiger partial charge in [0, 0.05) is 6.04 Å². The molecule has 0 radical (unpaired) electrons. The molecule has 1 saturated carbocycles. The predicted octanol–water partition coefficient (Wildman–Crippen LogP) is 2.44. The summed E-state index contributed by atoms with van der Waals surface area (Å²) in [4.78, 5) is 11.7. The van der Waals surface area contributed by atoms with Crippen LogP contribution in [0.4, 0.5) is 4.79 Å². The maximum Gasteiger partial charge on any atom is 0.407 e. The molecule has 1 N–H and O–H groups in total. The van der Waals surface area contributed by atoms with E-state index in [9.17, 15) is 13.2 Å². The molecule has 0 unspecified atom stereocenters. The molecule has 0 spiro atoms. The van der Waals surface area contributed by atoms with Gasteiger partial charge in [-0.2, -0.15) is 8.42 Å². The maximum atomic E-state index is 11.7. The molecule has 7 heteroatoms. The summed E-state index contributed by atoms with van der Waals surface area (Å²) in [6.45, 7) is 5.76. The quantitative estimate of drug-likeness (QED) is 0.787. The molecule has 0 saturated heterocycles. The maximum absolute atomic E-state index is 11.7. The lowest BCUT2D eigenvalue weighted by Gasteiger charge is -2.30. The van der Waals surface area contributed by atoms with Crippen LogP contribution in [-0.2, 0) is 19.0 Å². The monoisotopic (exact) mass is 321 g/mol. The van der Waals surface area contributed by atoms with Crippen LogP contribution in [-0.4, -0.2) is 39.0 Å². The largest absolute Gasteiger partial charge is 0.444 e. The summed E-state index contributed by atoms with van der Waals surface area (Å²) in [5.41, 5.74) is -0.482. The van der Waals surface area contributed by atoms with Gasteiger partial charge < -0.3 is 10.1 Å². The molecule has 21 heavy (non-hydrogen) atoms. The average molecular weight is 321 g/mol. The minimum atomic E-state index is -3.34. The smallest absolute Gasteiger partial charge is 0.407 e. The summed E-state index contributed by atoms with van der Waals surface area (Å²) in [6, 6.07) is 0.145. The molecule has 1 aliphatic rings. The summed E-state index contributed by atoms with van der Waals surface area (Å²) in [7, 11) is -3.34. The highest BCUT2D eigenvalue weighted by molar-refractivity contribution is 7.85. The van der Waals surface area contributed by atoms with Gasteiger partial charge in [0.25, 0.3) is 10.1 Å². The van der Waals surface area contributed by atoms with Crippen molar-refractivity contribution in [3.05, 3.63) is 0 Å². The van der Waals surface area contributed by atoms with Crippen molar-refractivity contribution in [3.8, 4) is 0 Å². The van der Waals surface area contributed by atoms with Crippen LogP contribution >= 0.6 is 0 Å². The SMILES string of the molecule is CC(C)(C)OC(=O)NC1CCC(CCOS(C)(=O)=O)CC1. The number of hydrogen-bond acceptors (Lipinski definition) is 5. The fourth-order valence-electron chi connectivity index (χ4n) is 2.44. The first-order valence-corrected chi connectivity index (χ1v) is 9.21. The van der Waals surface area contributed by atoms with Gasteiger partial charge >= 0.3 is 6.09 Å². The molecule has 1 amide bonds. The van der Waals surface area contributed by atoms with E-state index >= 15 is 0 Å². The highest BCUT2D eigenvalue weighted by atomic mass is 32.2. The van der Waals surface area contributed by atoms with Crippen molar-refractivity contribution in [3.63, 3.8) is 0 Å². The Balaban J connectivity index is 2.22. The van der Waals surface area contributed by atoms with Crippen LogP contribution in [0.5, 0.6) is 0 Å². The van der Waals surface area contributed by atoms with Crippen LogP contribution in [0.15, 0.2) is 0 Å². The highest BCUT2D eigenvalue weighted by Crippen LogP contribution is 2.27. The number of alkyl carbamates (subject to hydrolysis) is 1. The molecule has 0 aliphatic heterocycles. The third kappa shape index (κ3) is 8.93. The molecular formula is C14H27NO5S. The van der Waals surface area contributed by atoms with Crippen LogP contribution < -0.4 is 5.32 Å². The standard InChI is InChI=1S/C14H27NO5S/c1-14(2,3)20-13(16)15-12-7-5-11(6-8-12)9-10-19-21(4,17)18/h11-12H,5-10H2,1-4H3,(H,15,16). The van der Waals surface area contributed by atoms with Crippen molar-refractivity contribution in [2.75, 3.05) is 12.9 Å². The van der Waals surface area contributed by atoms with Gasteiger partial charge in [-0.1, -0.05) is 0 Å². The molecule has 0 heterocycles. The van der Waals surface area contributed by atoms with Gasteiger partial charge in [0.05, 0.1) is 12.9 Å². The van der Waals surface area contributed by atoms with E-state index < -0.39 is 15.7 Å². The molecule has 0 aromatic rings. The lowest BCUT2D eigenvalue weighted by molar-refractivity contribution is 0.0485. The van der Waals surface area contributed by atoms with Crippen LogP contribution in [0.2, 0.25) is 0 Å². The molecule has 124 valence electrons. The zero-order chi connectivity index (χ0) is 16.1. The molecule has 0 aromatic carbocycles. The summed E-state index contributed by atoms with van der Waals surface area (Å²) >= 11 is 0. The Hall–Kier alpha value is -0.820. The average Bonchev–Trinajstić information content (AvgIpc) is 2.27. The van der Waals surface area contributed by atoms with E-state index in [-0.39, 0.29) is 18.7 Å². The zero-order valence-electron chi connectivity index (χ0n) is 13.3. The minimum Gasteiger partial charge on any atom is -0.444 e. The number of amides is 1. The highest BCUT2D eigenvalue weighted by Gasteiger charge is 2.24. The number of ether oxygens (including phenoxy) is 1. The number of hydrogen-bond donors (Lipinski definition) is 1. The van der Waals surface area contributed by atoms with Gasteiger partial charge in [-0.3, -0.25) is 4.18 Å². The first-order chi connectivity index (χ1) is 9.55. The van der Waals surface area contributed by atoms with Gasteiger partial charge in [-0.05, 0) is 58.8 Å². The van der Waals surface area contributed by atoms with E-state index in [2.05, 4.69) is 5.32 Å². The Morgan fingerprint density at radius 3 is 2.24 bits per heavy atom. The molecule has 1 aliphatic carbocycles. The molecule has 6 nitrogen and oxygen atoms in total. The predicted molar refractivity (Wildman–Crippen MR) is 80.5 cm³/mol. The molecule has 0 bridgehead atoms. The number of nitrogens with one attached hydrogen (secondary N) is 1. The van der Waals surface area contributed by atoms with E-state index in [0.29, 0.717) is 5.92 Å². The second-order valence-corrected chi connectivity index (χ2v) is 8.32. The molecule has 0 atom stereocenters. The van der Waals surface area contributed by atoms with Gasteiger partial charge in [0.2, 0.25) is 0 Å². The van der Waals surface area contributed by atoms with Crippen molar-refractivity contribution >= 4 is 16.2 Å². The van der Waals surface area contributed by atoms with Crippen LogP contribution in [0.3, 0.4) is 0 Å². The Morgan fingerprint density at radius 2 is 1.76 bits per heavy atom. The number of carbonyl (C=O) groups excluding carboxylic acids is 1. The van der Waals surface area contributed by atoms with Crippen molar-refractivity contribution in [2.45, 2.75) is 64.5 Å². The zero-order valence-corrected chi connectivity index (χ0v) is 14.2. The molecular weight excluding hydrogens is 294 g/mol. The fourth-order valence-corrected chi connectivity index (χ4v) is 2.83. The second kappa shape index (κ2) is 7.45. The molecule has 0 aromatic heterocycles. The van der Waals surface area contributed by atoms with Gasteiger partial charge in [-0.25, -0.2) is 4.79 Å². The Bertz CT molecular complexity index is 433. The van der Waals surface area contributed by atoms with E-state index in [0.717, 1.165) is 38.4 Å². The van der Waals surface area contributed by atoms with Crippen molar-refractivity contribution < 1.29 is 22.1 Å². The number of carbonyl (C=O) groups is 1. The lowest BCUT2D eigenvalue weighted by Crippen LogP contribution is -2.41. The summed E-state index contributed by atoms with van der Waals surface area (Å²) in [5.74, 6) is 0.462. The summed E-state index contributed by atoms with van der Waals surface area (Å²) < 4.78 is 31.7. The summed E-state index contributed by atoms with van der Waals surface area (Å²) in [5, 5.41) is 2.89. The van der Waals surface area contributed by atoms with E-state index in [1.807, 2.05) is 20.8 Å². The molecule has 1 fully saturated rings. The van der Waals surface area contributed by atoms with Crippen molar-refractivity contribution in [1.82, 2.24) is 5.32 Å². The van der Waals surface area contributed by atoms with E-state index in [1.165, 1.54) is 0 Å². The lowest BCUT2D eigenvalue weighted by atomic mass is 9.84. The van der Waals surface area contributed by atoms with Gasteiger partial charge in [0.1, 0.15) is 5.60 Å². The number of rotatable bonds is 5. The van der Waals surface area contributed by atoms with Gasteiger partial charge in [0.15, 0.2) is 0 Å². The third-order valence-corrected chi connectivity index (χ3v) is 3.99. The van der Waals surface area contributed by atoms with Gasteiger partial charge in [-0.15, -0.1) is 0 Å². The fraction of sp³-hybridized carbons (Fsp3) is 0.929. The molecule has 1 rings (SSSR count). The van der Waals surface area contributed by atoms with E-state index in [4.69, 9.17) is 8.92 Å². The third-order valence-electron chi connectivity index (χ3n) is 3.39. The first-order valence-electron chi connectivity index (χ1n) is 7.39. The Kier molecular flexibility index (Phi) is 6.46. The summed E-state index contributed by atoms with van der Waals surface area (Å²) in [6.07, 6.45) is 5.15. The van der Waals surface area contributed by atoms with E-state index in [1.54, 1.807) is 0 Å². The van der Waals surface area contributed by atoms with Crippen LogP contribution in [0.1, 0.15) is 52.9 Å². The topological polar surface area (TPSA) is 81.7 Å². The van der Waals surface area contributed by atoms with Crippen LogP contribution in [0, 0.1) is 5.92 Å². The Morgan fingerprint density at radius 1 is 1.19 bits per heavy atom. The van der Waals surface area contributed by atoms with Crippen LogP contribution in [0.25, 0.3) is 0 Å². The normalized spacial score (nSPS) is 23.6. The Labute approximate surface area is 127 Å². The minimum absolute atomic E-state index is 0.145. The second-order valence-electron chi connectivity index (χ2n) is 6.68.